The number of ether oxygens (including phenoxy) is 1. The van der Waals surface area contributed by atoms with Crippen LogP contribution in [0.4, 0.5) is 4.39 Å². The average molecular weight is 273 g/mol. The van der Waals surface area contributed by atoms with Crippen molar-refractivity contribution < 1.29 is 9.13 Å². The zero-order valence-electron chi connectivity index (χ0n) is 11.9. The Hall–Kier alpha value is -1.87. The molecule has 0 aliphatic heterocycles. The van der Waals surface area contributed by atoms with E-state index in [1.54, 1.807) is 6.07 Å². The van der Waals surface area contributed by atoms with Crippen LogP contribution in [-0.2, 0) is 6.42 Å². The van der Waals surface area contributed by atoms with E-state index < -0.39 is 0 Å². The lowest BCUT2D eigenvalue weighted by molar-refractivity contribution is 0.435. The molecule has 0 amide bonds. The summed E-state index contributed by atoms with van der Waals surface area (Å²) in [6, 6.07) is 12.7. The summed E-state index contributed by atoms with van der Waals surface area (Å²) in [5.41, 5.74) is 7.42. The highest BCUT2D eigenvalue weighted by Crippen LogP contribution is 2.31. The van der Waals surface area contributed by atoms with E-state index in [4.69, 9.17) is 10.5 Å². The maximum absolute atomic E-state index is 14.0. The molecule has 0 unspecified atom stereocenters. The smallest absolute Gasteiger partial charge is 0.165 e. The Morgan fingerprint density at radius 1 is 1.10 bits per heavy atom. The summed E-state index contributed by atoms with van der Waals surface area (Å²) in [7, 11) is 0. The largest absolute Gasteiger partial charge is 0.454 e. The van der Waals surface area contributed by atoms with Gasteiger partial charge in [0.15, 0.2) is 11.6 Å². The monoisotopic (exact) mass is 273 g/mol. The molecule has 2 N–H and O–H groups in total. The van der Waals surface area contributed by atoms with Gasteiger partial charge in [-0.1, -0.05) is 38.1 Å². The van der Waals surface area contributed by atoms with Gasteiger partial charge in [0.05, 0.1) is 0 Å². The molecule has 2 aromatic carbocycles. The van der Waals surface area contributed by atoms with Crippen molar-refractivity contribution in [2.45, 2.75) is 26.2 Å². The number of hydrogen-bond donors (Lipinski definition) is 1. The first-order valence-electron chi connectivity index (χ1n) is 6.87. The van der Waals surface area contributed by atoms with E-state index in [0.717, 1.165) is 11.1 Å². The van der Waals surface area contributed by atoms with Crippen LogP contribution in [0.5, 0.6) is 11.5 Å². The highest BCUT2D eigenvalue weighted by molar-refractivity contribution is 5.40. The molecular weight excluding hydrogens is 253 g/mol. The highest BCUT2D eigenvalue weighted by Gasteiger charge is 2.11. The fourth-order valence-corrected chi connectivity index (χ4v) is 2.12. The van der Waals surface area contributed by atoms with Crippen molar-refractivity contribution in [2.75, 3.05) is 6.54 Å². The Bertz CT molecular complexity index is 581. The third kappa shape index (κ3) is 3.36. The van der Waals surface area contributed by atoms with Crippen LogP contribution in [0.1, 0.15) is 30.9 Å². The van der Waals surface area contributed by atoms with Gasteiger partial charge in [0.25, 0.3) is 0 Å². The van der Waals surface area contributed by atoms with Gasteiger partial charge in [-0.2, -0.15) is 0 Å². The standard InChI is InChI=1S/C17H20FNO/c1-12(2)14-5-3-4-6-16(14)20-17-8-7-13(9-10-19)11-15(17)18/h3-8,11-12H,9-10,19H2,1-2H3. The van der Waals surface area contributed by atoms with Crippen LogP contribution in [0.3, 0.4) is 0 Å². The van der Waals surface area contributed by atoms with Crippen molar-refractivity contribution in [3.63, 3.8) is 0 Å². The summed E-state index contributed by atoms with van der Waals surface area (Å²) in [4.78, 5) is 0. The normalized spacial score (nSPS) is 10.8. The molecule has 0 bridgehead atoms. The van der Waals surface area contributed by atoms with Crippen LogP contribution in [0, 0.1) is 5.82 Å². The maximum Gasteiger partial charge on any atom is 0.165 e. The number of halogens is 1. The van der Waals surface area contributed by atoms with Gasteiger partial charge in [-0.05, 0) is 48.2 Å². The predicted octanol–water partition coefficient (Wildman–Crippen LogP) is 4.24. The number of rotatable bonds is 5. The Balaban J connectivity index is 2.26. The Morgan fingerprint density at radius 3 is 2.50 bits per heavy atom. The number of para-hydroxylation sites is 1. The van der Waals surface area contributed by atoms with Gasteiger partial charge in [-0.25, -0.2) is 4.39 Å². The van der Waals surface area contributed by atoms with Crippen molar-refractivity contribution in [3.8, 4) is 11.5 Å². The van der Waals surface area contributed by atoms with Crippen LogP contribution in [0.25, 0.3) is 0 Å². The van der Waals surface area contributed by atoms with Crippen molar-refractivity contribution in [2.24, 2.45) is 5.73 Å². The second-order valence-corrected chi connectivity index (χ2v) is 5.10. The van der Waals surface area contributed by atoms with Gasteiger partial charge in [0, 0.05) is 0 Å². The number of nitrogens with two attached hydrogens (primary N) is 1. The summed E-state index contributed by atoms with van der Waals surface area (Å²) < 4.78 is 19.8. The van der Waals surface area contributed by atoms with Crippen molar-refractivity contribution >= 4 is 0 Å². The summed E-state index contributed by atoms with van der Waals surface area (Å²) in [6.07, 6.45) is 0.666. The van der Waals surface area contributed by atoms with E-state index in [1.165, 1.54) is 6.07 Å². The molecule has 0 aliphatic rings. The summed E-state index contributed by atoms with van der Waals surface area (Å²) in [5, 5.41) is 0. The minimum Gasteiger partial charge on any atom is -0.454 e. The minimum atomic E-state index is -0.352. The molecule has 0 saturated carbocycles. The van der Waals surface area contributed by atoms with Crippen LogP contribution < -0.4 is 10.5 Å². The van der Waals surface area contributed by atoms with E-state index in [-0.39, 0.29) is 11.6 Å². The molecule has 2 nitrogen and oxygen atoms in total. The number of benzene rings is 2. The molecule has 0 atom stereocenters. The molecule has 20 heavy (non-hydrogen) atoms. The second-order valence-electron chi connectivity index (χ2n) is 5.10. The van der Waals surface area contributed by atoms with Crippen molar-refractivity contribution in [3.05, 3.63) is 59.4 Å². The van der Waals surface area contributed by atoms with Crippen LogP contribution in [0.15, 0.2) is 42.5 Å². The first-order valence-corrected chi connectivity index (χ1v) is 6.87. The van der Waals surface area contributed by atoms with Gasteiger partial charge >= 0.3 is 0 Å². The number of hydrogen-bond acceptors (Lipinski definition) is 2. The van der Waals surface area contributed by atoms with Crippen LogP contribution >= 0.6 is 0 Å². The third-order valence-electron chi connectivity index (χ3n) is 3.19. The lowest BCUT2D eigenvalue weighted by atomic mass is 10.0. The van der Waals surface area contributed by atoms with E-state index in [1.807, 2.05) is 30.3 Å². The molecular formula is C17H20FNO. The molecule has 3 heteroatoms. The lowest BCUT2D eigenvalue weighted by Crippen LogP contribution is -2.03. The summed E-state index contributed by atoms with van der Waals surface area (Å²) in [5.74, 6) is 0.923. The van der Waals surface area contributed by atoms with Crippen LogP contribution in [0.2, 0.25) is 0 Å². The molecule has 2 aromatic rings. The van der Waals surface area contributed by atoms with Gasteiger partial charge in [0.2, 0.25) is 0 Å². The zero-order chi connectivity index (χ0) is 14.5. The SMILES string of the molecule is CC(C)c1ccccc1Oc1ccc(CCN)cc1F. The average Bonchev–Trinajstić information content (AvgIpc) is 2.42. The van der Waals surface area contributed by atoms with E-state index in [9.17, 15) is 4.39 Å². The van der Waals surface area contributed by atoms with Gasteiger partial charge in [0.1, 0.15) is 5.75 Å². The summed E-state index contributed by atoms with van der Waals surface area (Å²) in [6.45, 7) is 4.68. The highest BCUT2D eigenvalue weighted by atomic mass is 19.1. The predicted molar refractivity (Wildman–Crippen MR) is 79.8 cm³/mol. The maximum atomic E-state index is 14.0. The Kier molecular flexibility index (Phi) is 4.74. The lowest BCUT2D eigenvalue weighted by Gasteiger charge is -2.14. The zero-order valence-corrected chi connectivity index (χ0v) is 11.9. The second kappa shape index (κ2) is 6.53. The third-order valence-corrected chi connectivity index (χ3v) is 3.19. The first kappa shape index (κ1) is 14.5. The van der Waals surface area contributed by atoms with E-state index in [2.05, 4.69) is 13.8 Å². The molecule has 0 aliphatic carbocycles. The first-order chi connectivity index (χ1) is 9.61. The van der Waals surface area contributed by atoms with Crippen molar-refractivity contribution in [1.82, 2.24) is 0 Å². The fourth-order valence-electron chi connectivity index (χ4n) is 2.12. The molecule has 2 rings (SSSR count). The fraction of sp³-hybridized carbons (Fsp3) is 0.294. The Labute approximate surface area is 119 Å². The van der Waals surface area contributed by atoms with Crippen molar-refractivity contribution in [1.29, 1.82) is 0 Å². The quantitative estimate of drug-likeness (QED) is 0.884. The van der Waals surface area contributed by atoms with Gasteiger partial charge in [-0.3, -0.25) is 0 Å². The topological polar surface area (TPSA) is 35.2 Å². The molecule has 0 heterocycles. The minimum absolute atomic E-state index is 0.249. The van der Waals surface area contributed by atoms with Gasteiger partial charge < -0.3 is 10.5 Å². The molecule has 0 saturated heterocycles. The molecule has 0 radical (unpaired) electrons. The molecule has 106 valence electrons. The van der Waals surface area contributed by atoms with Crippen LogP contribution in [-0.4, -0.2) is 6.54 Å². The molecule has 0 fully saturated rings. The Morgan fingerprint density at radius 2 is 1.85 bits per heavy atom. The van der Waals surface area contributed by atoms with E-state index in [0.29, 0.717) is 24.6 Å². The van der Waals surface area contributed by atoms with Gasteiger partial charge in [-0.15, -0.1) is 0 Å². The molecule has 0 aromatic heterocycles. The molecule has 0 spiro atoms. The summed E-state index contributed by atoms with van der Waals surface area (Å²) >= 11 is 0. The van der Waals surface area contributed by atoms with E-state index >= 15 is 0 Å².